The fourth-order valence-corrected chi connectivity index (χ4v) is 5.47. The molecule has 0 aliphatic heterocycles. The first-order chi connectivity index (χ1) is 16.5. The number of hydrogen-bond donors (Lipinski definition) is 2. The lowest BCUT2D eigenvalue weighted by atomic mass is 9.87. The molecule has 34 heavy (non-hydrogen) atoms. The van der Waals surface area contributed by atoms with Gasteiger partial charge in [0.25, 0.3) is 0 Å². The molecule has 4 rings (SSSR count). The summed E-state index contributed by atoms with van der Waals surface area (Å²) in [6, 6.07) is 18.0. The minimum absolute atomic E-state index is 0.701. The molecule has 2 aliphatic carbocycles. The second-order valence-corrected chi connectivity index (χ2v) is 11.4. The van der Waals surface area contributed by atoms with Gasteiger partial charge in [0.05, 0.1) is 0 Å². The molecule has 0 unspecified atom stereocenters. The zero-order valence-electron chi connectivity index (χ0n) is 20.7. The van der Waals surface area contributed by atoms with Crippen LogP contribution in [0.1, 0.15) is 68.6 Å². The SMILES string of the molecule is C=C(CC1CC1)c1ccc(C(=C)SC(=C)c2ccc(NCCNC3CCC(C)CC3)cc2)cc1. The topological polar surface area (TPSA) is 24.1 Å². The van der Waals surface area contributed by atoms with Crippen LogP contribution in [0.3, 0.4) is 0 Å². The molecule has 2 N–H and O–H groups in total. The van der Waals surface area contributed by atoms with E-state index in [1.54, 1.807) is 11.8 Å². The standard InChI is InChI=1S/C31H40N2S/c1-22-5-15-30(16-6-22)32-19-20-33-31-17-13-29(14-18-31)25(4)34-24(3)28-11-9-27(10-12-28)23(2)21-26-7-8-26/h9-14,17-18,22,26,30,32-33H,2-8,15-16,19-21H2,1H3. The van der Waals surface area contributed by atoms with Gasteiger partial charge in [-0.3, -0.25) is 0 Å². The van der Waals surface area contributed by atoms with Gasteiger partial charge in [0.2, 0.25) is 0 Å². The molecule has 0 spiro atoms. The van der Waals surface area contributed by atoms with Gasteiger partial charge in [0.1, 0.15) is 0 Å². The third-order valence-corrected chi connectivity index (χ3v) is 8.17. The Morgan fingerprint density at radius 3 is 1.91 bits per heavy atom. The van der Waals surface area contributed by atoms with E-state index in [4.69, 9.17) is 0 Å². The summed E-state index contributed by atoms with van der Waals surface area (Å²) in [6.07, 6.45) is 9.22. The second-order valence-electron chi connectivity index (χ2n) is 10.2. The van der Waals surface area contributed by atoms with E-state index in [0.29, 0.717) is 6.04 Å². The van der Waals surface area contributed by atoms with Gasteiger partial charge in [0.15, 0.2) is 0 Å². The molecule has 2 nitrogen and oxygen atoms in total. The Bertz CT molecular complexity index is 977. The summed E-state index contributed by atoms with van der Waals surface area (Å²) in [5.41, 5.74) is 5.94. The molecule has 2 aromatic carbocycles. The van der Waals surface area contributed by atoms with Crippen LogP contribution in [0.25, 0.3) is 15.4 Å². The molecule has 3 heteroatoms. The van der Waals surface area contributed by atoms with Gasteiger partial charge < -0.3 is 10.6 Å². The molecule has 2 aromatic rings. The summed E-state index contributed by atoms with van der Waals surface area (Å²) >= 11 is 1.64. The van der Waals surface area contributed by atoms with Crippen LogP contribution in [-0.4, -0.2) is 19.1 Å². The Kier molecular flexibility index (Phi) is 8.74. The largest absolute Gasteiger partial charge is 0.384 e. The lowest BCUT2D eigenvalue weighted by Gasteiger charge is -2.27. The first-order valence-electron chi connectivity index (χ1n) is 12.9. The van der Waals surface area contributed by atoms with Crippen LogP contribution >= 0.6 is 11.8 Å². The molecule has 0 aromatic heterocycles. The van der Waals surface area contributed by atoms with Crippen LogP contribution in [0.5, 0.6) is 0 Å². The number of rotatable bonds is 12. The Labute approximate surface area is 211 Å². The monoisotopic (exact) mass is 472 g/mol. The van der Waals surface area contributed by atoms with Crippen molar-refractivity contribution >= 4 is 32.8 Å². The molecule has 0 bridgehead atoms. The van der Waals surface area contributed by atoms with Gasteiger partial charge in [-0.1, -0.05) is 74.8 Å². The van der Waals surface area contributed by atoms with Gasteiger partial charge in [-0.15, -0.1) is 0 Å². The highest BCUT2D eigenvalue weighted by Crippen LogP contribution is 2.39. The third-order valence-electron chi connectivity index (χ3n) is 7.20. The molecule has 0 radical (unpaired) electrons. The van der Waals surface area contributed by atoms with Crippen molar-refractivity contribution in [3.63, 3.8) is 0 Å². The third kappa shape index (κ3) is 7.38. The van der Waals surface area contributed by atoms with Crippen LogP contribution in [0.15, 0.2) is 68.3 Å². The number of hydrogen-bond acceptors (Lipinski definition) is 3. The average Bonchev–Trinajstić information content (AvgIpc) is 3.67. The summed E-state index contributed by atoms with van der Waals surface area (Å²) in [5.74, 6) is 1.77. The van der Waals surface area contributed by atoms with Crippen molar-refractivity contribution in [3.05, 3.63) is 85.0 Å². The van der Waals surface area contributed by atoms with E-state index in [0.717, 1.165) is 58.0 Å². The van der Waals surface area contributed by atoms with E-state index in [1.165, 1.54) is 49.7 Å². The number of allylic oxidation sites excluding steroid dienone is 1. The number of nitrogens with one attached hydrogen (secondary N) is 2. The average molecular weight is 473 g/mol. The molecule has 0 heterocycles. The van der Waals surface area contributed by atoms with E-state index in [-0.39, 0.29) is 0 Å². The lowest BCUT2D eigenvalue weighted by molar-refractivity contribution is 0.310. The summed E-state index contributed by atoms with van der Waals surface area (Å²) in [6.45, 7) is 17.2. The summed E-state index contributed by atoms with van der Waals surface area (Å²) in [5, 5.41) is 7.24. The Balaban J connectivity index is 1.20. The lowest BCUT2D eigenvalue weighted by Crippen LogP contribution is -2.35. The van der Waals surface area contributed by atoms with Crippen LogP contribution in [0, 0.1) is 11.8 Å². The number of anilines is 1. The minimum atomic E-state index is 0.701. The number of thioether (sulfide) groups is 1. The van der Waals surface area contributed by atoms with E-state index in [2.05, 4.69) is 85.8 Å². The predicted molar refractivity (Wildman–Crippen MR) is 153 cm³/mol. The molecule has 180 valence electrons. The van der Waals surface area contributed by atoms with Gasteiger partial charge in [0, 0.05) is 34.6 Å². The van der Waals surface area contributed by atoms with E-state index < -0.39 is 0 Å². The number of benzene rings is 2. The maximum absolute atomic E-state index is 4.30. The summed E-state index contributed by atoms with van der Waals surface area (Å²) in [4.78, 5) is 2.04. The molecule has 0 amide bonds. The van der Waals surface area contributed by atoms with Crippen LogP contribution in [0.4, 0.5) is 5.69 Å². The maximum atomic E-state index is 4.30. The van der Waals surface area contributed by atoms with E-state index >= 15 is 0 Å². The van der Waals surface area contributed by atoms with Crippen molar-refractivity contribution in [2.75, 3.05) is 18.4 Å². The molecule has 2 aliphatic rings. The zero-order chi connectivity index (χ0) is 23.9. The van der Waals surface area contributed by atoms with Crippen molar-refractivity contribution < 1.29 is 0 Å². The van der Waals surface area contributed by atoms with E-state index in [1.807, 2.05) is 0 Å². The first kappa shape index (κ1) is 24.9. The highest BCUT2D eigenvalue weighted by atomic mass is 32.2. The molecule has 0 saturated heterocycles. The van der Waals surface area contributed by atoms with Gasteiger partial charge in [-0.2, -0.15) is 0 Å². The van der Waals surface area contributed by atoms with Gasteiger partial charge in [-0.25, -0.2) is 0 Å². The maximum Gasteiger partial charge on any atom is 0.0341 e. The fourth-order valence-electron chi connectivity index (χ4n) is 4.67. The normalized spacial score (nSPS) is 20.0. The summed E-state index contributed by atoms with van der Waals surface area (Å²) < 4.78 is 0. The van der Waals surface area contributed by atoms with Crippen LogP contribution in [0.2, 0.25) is 0 Å². The van der Waals surface area contributed by atoms with Crippen molar-refractivity contribution in [2.24, 2.45) is 11.8 Å². The van der Waals surface area contributed by atoms with Gasteiger partial charge in [-0.05, 0) is 91.2 Å². The molecule has 0 atom stereocenters. The molecular weight excluding hydrogens is 432 g/mol. The van der Waals surface area contributed by atoms with Crippen LogP contribution < -0.4 is 10.6 Å². The second kappa shape index (κ2) is 12.0. The quantitative estimate of drug-likeness (QED) is 0.303. The molecule has 2 saturated carbocycles. The highest BCUT2D eigenvalue weighted by molar-refractivity contribution is 8.16. The first-order valence-corrected chi connectivity index (χ1v) is 13.7. The van der Waals surface area contributed by atoms with Crippen molar-refractivity contribution in [3.8, 4) is 0 Å². The van der Waals surface area contributed by atoms with Crippen molar-refractivity contribution in [2.45, 2.75) is 57.9 Å². The Morgan fingerprint density at radius 1 is 0.765 bits per heavy atom. The molecular formula is C31H40N2S. The summed E-state index contributed by atoms with van der Waals surface area (Å²) in [7, 11) is 0. The predicted octanol–water partition coefficient (Wildman–Crippen LogP) is 8.45. The minimum Gasteiger partial charge on any atom is -0.384 e. The Hall–Kier alpha value is -2.23. The molecule has 2 fully saturated rings. The van der Waals surface area contributed by atoms with E-state index in [9.17, 15) is 0 Å². The Morgan fingerprint density at radius 2 is 1.32 bits per heavy atom. The highest BCUT2D eigenvalue weighted by Gasteiger charge is 2.22. The van der Waals surface area contributed by atoms with Crippen molar-refractivity contribution in [1.29, 1.82) is 0 Å². The van der Waals surface area contributed by atoms with Crippen molar-refractivity contribution in [1.82, 2.24) is 5.32 Å². The smallest absolute Gasteiger partial charge is 0.0341 e. The zero-order valence-corrected chi connectivity index (χ0v) is 21.6. The fraction of sp³-hybridized carbons (Fsp3) is 0.419. The van der Waals surface area contributed by atoms with Gasteiger partial charge >= 0.3 is 0 Å². The van der Waals surface area contributed by atoms with Crippen LogP contribution in [-0.2, 0) is 0 Å².